The summed E-state index contributed by atoms with van der Waals surface area (Å²) in [5.74, 6) is 0.571. The Bertz CT molecular complexity index is 2140. The highest BCUT2D eigenvalue weighted by molar-refractivity contribution is 5.90. The highest BCUT2D eigenvalue weighted by atomic mass is 16.5. The van der Waals surface area contributed by atoms with Crippen LogP contribution in [0.2, 0.25) is 0 Å². The quantitative estimate of drug-likeness (QED) is 0.205. The number of carbonyl (C=O) groups excluding carboxylic acids is 2. The Morgan fingerprint density at radius 2 is 1.86 bits per heavy atom. The van der Waals surface area contributed by atoms with E-state index in [0.717, 1.165) is 22.4 Å². The maximum Gasteiger partial charge on any atom is 0.279 e. The number of nitrogens with zero attached hydrogens (tertiary/aromatic N) is 4. The number of aliphatic hydroxyl groups excluding tert-OH is 1. The number of rotatable bonds is 5. The summed E-state index contributed by atoms with van der Waals surface area (Å²) in [6.45, 7) is 11.1. The van der Waals surface area contributed by atoms with E-state index in [-0.39, 0.29) is 30.0 Å². The van der Waals surface area contributed by atoms with Gasteiger partial charge in [-0.1, -0.05) is 70.1 Å². The molecule has 3 aromatic heterocycles. The van der Waals surface area contributed by atoms with Crippen LogP contribution in [-0.2, 0) is 21.4 Å². The molecule has 4 bridgehead atoms. The van der Waals surface area contributed by atoms with Crippen molar-refractivity contribution in [1.29, 1.82) is 0 Å². The highest BCUT2D eigenvalue weighted by Gasteiger charge is 2.61. The molecule has 5 atom stereocenters. The third-order valence-electron chi connectivity index (χ3n) is 9.57. The van der Waals surface area contributed by atoms with Crippen LogP contribution in [0.25, 0.3) is 23.2 Å². The summed E-state index contributed by atoms with van der Waals surface area (Å²) in [6.07, 6.45) is -0.363. The lowest BCUT2D eigenvalue weighted by molar-refractivity contribution is -0.136. The Balaban J connectivity index is 1.37. The number of anilines is 1. The van der Waals surface area contributed by atoms with Gasteiger partial charge in [-0.3, -0.25) is 9.59 Å². The zero-order valence-electron chi connectivity index (χ0n) is 28.4. The van der Waals surface area contributed by atoms with Crippen LogP contribution in [-0.4, -0.2) is 55.4 Å². The number of fused-ring (bicyclic) bond motifs is 4. The monoisotopic (exact) mass is 679 g/mol. The van der Waals surface area contributed by atoms with Gasteiger partial charge >= 0.3 is 0 Å². The summed E-state index contributed by atoms with van der Waals surface area (Å²) in [6, 6.07) is 11.8. The predicted molar refractivity (Wildman–Crippen MR) is 178 cm³/mol. The van der Waals surface area contributed by atoms with Crippen molar-refractivity contribution in [3.63, 3.8) is 0 Å². The molecule has 2 aromatic carbocycles. The van der Waals surface area contributed by atoms with Crippen LogP contribution in [0.1, 0.15) is 74.8 Å². The molecule has 1 spiro atoms. The number of hydrogen-bond donors (Lipinski definition) is 4. The smallest absolute Gasteiger partial charge is 0.279 e. The molecule has 50 heavy (non-hydrogen) atoms. The number of aliphatic hydroxyl groups is 1. The first-order valence-electron chi connectivity index (χ1n) is 16.6. The van der Waals surface area contributed by atoms with Gasteiger partial charge in [-0.15, -0.1) is 0 Å². The van der Waals surface area contributed by atoms with Gasteiger partial charge in [-0.25, -0.2) is 9.97 Å². The predicted octanol–water partition coefficient (Wildman–Crippen LogP) is 4.43. The molecule has 3 unspecified atom stereocenters. The average molecular weight is 680 g/mol. The number of carbonyl (C=O) groups is 2. The van der Waals surface area contributed by atoms with Crippen LogP contribution < -0.4 is 20.7 Å². The summed E-state index contributed by atoms with van der Waals surface area (Å²) in [4.78, 5) is 41.4. The van der Waals surface area contributed by atoms with E-state index in [2.05, 4.69) is 26.1 Å². The van der Waals surface area contributed by atoms with Crippen LogP contribution in [0.3, 0.4) is 0 Å². The first kappa shape index (κ1) is 31.7. The van der Waals surface area contributed by atoms with Crippen molar-refractivity contribution >= 4 is 17.5 Å². The van der Waals surface area contributed by atoms with Gasteiger partial charge in [0.1, 0.15) is 35.6 Å². The van der Waals surface area contributed by atoms with Gasteiger partial charge in [-0.05, 0) is 41.5 Å². The first-order chi connectivity index (χ1) is 23.8. The van der Waals surface area contributed by atoms with Gasteiger partial charge in [-0.2, -0.15) is 4.98 Å². The standard InChI is InChI=1S/C36H37N7O7/c1-16(2)26(44)30(46)38-22-14-18-11-12-24-20(13-18)36(19-9-7-8-10-21(19)40-34(36)48-24)28-25(32-39-23(15-47-32)31-37-17(3)43-50-31)41-33(49-28)27(35(4,5)6)42-29(22)45/h7-13,15-16,22,26-27,34,40,44H,14H2,1-6H3,(H,38,46)(H,42,45)/t22?,26-,27?,34?,36-/m0/s1. The Morgan fingerprint density at radius 3 is 2.60 bits per heavy atom. The molecule has 6 heterocycles. The molecule has 0 saturated heterocycles. The molecule has 3 aliphatic rings. The number of aromatic nitrogens is 4. The number of ether oxygens (including phenoxy) is 1. The zero-order valence-corrected chi connectivity index (χ0v) is 28.4. The third-order valence-corrected chi connectivity index (χ3v) is 9.57. The van der Waals surface area contributed by atoms with Crippen molar-refractivity contribution < 1.29 is 32.8 Å². The van der Waals surface area contributed by atoms with Gasteiger partial charge < -0.3 is 39.2 Å². The van der Waals surface area contributed by atoms with Crippen molar-refractivity contribution in [1.82, 2.24) is 30.7 Å². The maximum atomic E-state index is 14.2. The molecular weight excluding hydrogens is 642 g/mol. The average Bonchev–Trinajstić information content (AvgIpc) is 3.89. The van der Waals surface area contributed by atoms with Gasteiger partial charge in [0.05, 0.1) is 0 Å². The molecule has 258 valence electrons. The molecule has 5 aromatic rings. The van der Waals surface area contributed by atoms with E-state index in [1.54, 1.807) is 20.8 Å². The van der Waals surface area contributed by atoms with E-state index in [1.807, 2.05) is 63.2 Å². The Kier molecular flexibility index (Phi) is 7.16. The molecule has 8 rings (SSSR count). The molecule has 3 aliphatic heterocycles. The fraction of sp³-hybridized carbons (Fsp3) is 0.389. The largest absolute Gasteiger partial charge is 0.469 e. The second-order valence-corrected chi connectivity index (χ2v) is 14.5. The van der Waals surface area contributed by atoms with Gasteiger partial charge in [0.15, 0.2) is 29.2 Å². The minimum atomic E-state index is -1.29. The SMILES string of the molecule is Cc1noc(-c2coc(-c3nc4oc3[C@@]35c6ccccc6NC3Oc3ccc(cc35)CC(NC(=O)[C@@H](O)C(C)C)C(=O)NC4C(C)(C)C)n2)n1. The van der Waals surface area contributed by atoms with E-state index in [4.69, 9.17) is 28.1 Å². The fourth-order valence-corrected chi connectivity index (χ4v) is 7.00. The first-order valence-corrected chi connectivity index (χ1v) is 16.6. The Hall–Kier alpha value is -5.50. The van der Waals surface area contributed by atoms with Crippen molar-refractivity contribution in [2.45, 2.75) is 77.8 Å². The molecule has 0 fully saturated rings. The number of hydrogen-bond acceptors (Lipinski definition) is 12. The summed E-state index contributed by atoms with van der Waals surface area (Å²) in [7, 11) is 0. The molecule has 4 N–H and O–H groups in total. The van der Waals surface area contributed by atoms with E-state index >= 15 is 0 Å². The van der Waals surface area contributed by atoms with Crippen molar-refractivity contribution in [3.8, 4) is 28.9 Å². The summed E-state index contributed by atoms with van der Waals surface area (Å²) >= 11 is 0. The van der Waals surface area contributed by atoms with Crippen LogP contribution in [0.5, 0.6) is 5.75 Å². The van der Waals surface area contributed by atoms with Crippen LogP contribution in [0.4, 0.5) is 5.69 Å². The van der Waals surface area contributed by atoms with E-state index in [1.165, 1.54) is 6.26 Å². The maximum absolute atomic E-state index is 14.2. The van der Waals surface area contributed by atoms with Gasteiger partial charge in [0.2, 0.25) is 23.6 Å². The lowest BCUT2D eigenvalue weighted by Gasteiger charge is -2.32. The lowest BCUT2D eigenvalue weighted by Crippen LogP contribution is -2.53. The molecule has 2 amide bonds. The third kappa shape index (κ3) is 4.88. The minimum Gasteiger partial charge on any atom is -0.469 e. The van der Waals surface area contributed by atoms with Crippen molar-refractivity contribution in [2.24, 2.45) is 11.3 Å². The number of oxazole rings is 2. The molecule has 0 radical (unpaired) electrons. The number of nitrogens with one attached hydrogen (secondary N) is 3. The normalized spacial score (nSPS) is 22.8. The topological polar surface area (TPSA) is 191 Å². The number of aryl methyl sites for hydroxylation is 1. The molecular formula is C36H37N7O7. The lowest BCUT2D eigenvalue weighted by atomic mass is 9.72. The Morgan fingerprint density at radius 1 is 1.06 bits per heavy atom. The highest BCUT2D eigenvalue weighted by Crippen LogP contribution is 2.59. The summed E-state index contributed by atoms with van der Waals surface area (Å²) in [5, 5.41) is 23.9. The van der Waals surface area contributed by atoms with E-state index in [9.17, 15) is 14.7 Å². The van der Waals surface area contributed by atoms with Crippen molar-refractivity contribution in [3.05, 3.63) is 82.9 Å². The van der Waals surface area contributed by atoms with Crippen molar-refractivity contribution in [2.75, 3.05) is 5.32 Å². The van der Waals surface area contributed by atoms with Crippen LogP contribution in [0.15, 0.2) is 62.1 Å². The molecule has 0 aliphatic carbocycles. The summed E-state index contributed by atoms with van der Waals surface area (Å²) < 4.78 is 24.9. The zero-order chi connectivity index (χ0) is 35.1. The number of amides is 2. The molecule has 14 nitrogen and oxygen atoms in total. The fourth-order valence-electron chi connectivity index (χ4n) is 7.00. The number of benzene rings is 2. The molecule has 14 heteroatoms. The van der Waals surface area contributed by atoms with Gasteiger partial charge in [0, 0.05) is 17.7 Å². The van der Waals surface area contributed by atoms with E-state index in [0.29, 0.717) is 28.7 Å². The summed E-state index contributed by atoms with van der Waals surface area (Å²) in [5.41, 5.74) is 2.22. The van der Waals surface area contributed by atoms with Crippen LogP contribution >= 0.6 is 0 Å². The van der Waals surface area contributed by atoms with Gasteiger partial charge in [0.25, 0.3) is 5.89 Å². The van der Waals surface area contributed by atoms with Crippen LogP contribution in [0, 0.1) is 18.3 Å². The second-order valence-electron chi connectivity index (χ2n) is 14.5. The second kappa shape index (κ2) is 11.3. The molecule has 0 saturated carbocycles. The Labute approximate surface area is 287 Å². The minimum absolute atomic E-state index is 0.143. The number of para-hydroxylation sites is 1. The van der Waals surface area contributed by atoms with E-state index < -0.39 is 47.1 Å².